The van der Waals surface area contributed by atoms with E-state index in [1.807, 2.05) is 0 Å². The Balaban J connectivity index is 1.26. The van der Waals surface area contributed by atoms with E-state index in [-0.39, 0.29) is 0 Å². The maximum atomic E-state index is 5.51. The SMILES string of the molecule is C[Si]1(C)c2ccccc2-c2c1ccc1c(-n3c4ccccc4c4ccccc43)nc(-c3cccc(-c4cccc(-c5ccccc5)c4)c3)nc21. The topological polar surface area (TPSA) is 30.7 Å². The molecule has 0 fully saturated rings. The molecule has 10 rings (SSSR count). The first kappa shape index (κ1) is 28.9. The monoisotopic (exact) mass is 655 g/mol. The van der Waals surface area contributed by atoms with Gasteiger partial charge in [0, 0.05) is 27.3 Å². The molecule has 0 radical (unpaired) electrons. The van der Waals surface area contributed by atoms with Crippen LogP contribution in [0, 0.1) is 0 Å². The molecule has 0 amide bonds. The zero-order chi connectivity index (χ0) is 33.4. The van der Waals surface area contributed by atoms with Gasteiger partial charge < -0.3 is 0 Å². The molecule has 0 saturated carbocycles. The van der Waals surface area contributed by atoms with Crippen LogP contribution in [0.2, 0.25) is 13.1 Å². The molecule has 4 heteroatoms. The molecule has 0 bridgehead atoms. The Morgan fingerprint density at radius 3 is 1.72 bits per heavy atom. The van der Waals surface area contributed by atoms with Crippen LogP contribution >= 0.6 is 0 Å². The van der Waals surface area contributed by atoms with Crippen LogP contribution in [0.25, 0.3) is 83.3 Å². The van der Waals surface area contributed by atoms with Crippen LogP contribution in [-0.4, -0.2) is 22.6 Å². The Morgan fingerprint density at radius 2 is 1.00 bits per heavy atom. The molecule has 3 heterocycles. The highest BCUT2D eigenvalue weighted by Crippen LogP contribution is 2.39. The molecule has 2 aromatic heterocycles. The van der Waals surface area contributed by atoms with Crippen molar-refractivity contribution in [3.63, 3.8) is 0 Å². The highest BCUT2D eigenvalue weighted by atomic mass is 28.3. The van der Waals surface area contributed by atoms with Gasteiger partial charge in [-0.05, 0) is 68.5 Å². The van der Waals surface area contributed by atoms with E-state index in [1.54, 1.807) is 0 Å². The number of nitrogens with zero attached hydrogens (tertiary/aromatic N) is 3. The van der Waals surface area contributed by atoms with Crippen LogP contribution in [-0.2, 0) is 0 Å². The van der Waals surface area contributed by atoms with Gasteiger partial charge >= 0.3 is 0 Å². The van der Waals surface area contributed by atoms with Gasteiger partial charge in [-0.15, -0.1) is 0 Å². The van der Waals surface area contributed by atoms with Crippen LogP contribution < -0.4 is 10.4 Å². The fourth-order valence-electron chi connectivity index (χ4n) is 8.16. The molecule has 0 atom stereocenters. The van der Waals surface area contributed by atoms with Crippen LogP contribution in [0.15, 0.2) is 164 Å². The predicted molar refractivity (Wildman–Crippen MR) is 212 cm³/mol. The third kappa shape index (κ3) is 4.28. The Kier molecular flexibility index (Phi) is 6.33. The second-order valence-corrected chi connectivity index (χ2v) is 18.2. The van der Waals surface area contributed by atoms with Gasteiger partial charge in [0.15, 0.2) is 5.82 Å². The highest BCUT2D eigenvalue weighted by molar-refractivity contribution is 7.04. The lowest BCUT2D eigenvalue weighted by molar-refractivity contribution is 1.08. The first-order valence-electron chi connectivity index (χ1n) is 17.3. The zero-order valence-corrected chi connectivity index (χ0v) is 28.9. The smallest absolute Gasteiger partial charge is 0.162 e. The van der Waals surface area contributed by atoms with Crippen molar-refractivity contribution in [2.75, 3.05) is 0 Å². The third-order valence-corrected chi connectivity index (χ3v) is 14.2. The molecule has 0 spiro atoms. The molecule has 0 N–H and O–H groups in total. The molecule has 50 heavy (non-hydrogen) atoms. The fourth-order valence-corrected chi connectivity index (χ4v) is 11.2. The van der Waals surface area contributed by atoms with Crippen LogP contribution in [0.1, 0.15) is 0 Å². The van der Waals surface area contributed by atoms with Gasteiger partial charge in [-0.2, -0.15) is 0 Å². The number of aromatic nitrogens is 3. The Morgan fingerprint density at radius 1 is 0.440 bits per heavy atom. The Labute approximate surface area is 292 Å². The van der Waals surface area contributed by atoms with E-state index < -0.39 is 8.07 Å². The number of hydrogen-bond donors (Lipinski definition) is 0. The van der Waals surface area contributed by atoms with Crippen molar-refractivity contribution in [2.24, 2.45) is 0 Å². The summed E-state index contributed by atoms with van der Waals surface area (Å²) in [6.07, 6.45) is 0. The molecular weight excluding hydrogens is 623 g/mol. The summed E-state index contributed by atoms with van der Waals surface area (Å²) in [5.74, 6) is 1.64. The Bertz CT molecular complexity index is 2740. The van der Waals surface area contributed by atoms with Crippen molar-refractivity contribution in [1.29, 1.82) is 0 Å². The minimum Gasteiger partial charge on any atom is -0.293 e. The lowest BCUT2D eigenvalue weighted by Gasteiger charge is -2.19. The largest absolute Gasteiger partial charge is 0.293 e. The van der Waals surface area contributed by atoms with Gasteiger partial charge in [0.1, 0.15) is 13.9 Å². The summed E-state index contributed by atoms with van der Waals surface area (Å²) >= 11 is 0. The molecule has 1 aliphatic rings. The van der Waals surface area contributed by atoms with Crippen molar-refractivity contribution >= 4 is 51.2 Å². The van der Waals surface area contributed by atoms with Crippen molar-refractivity contribution < 1.29 is 0 Å². The molecule has 1 aliphatic heterocycles. The van der Waals surface area contributed by atoms with Gasteiger partial charge in [-0.25, -0.2) is 9.97 Å². The second-order valence-electron chi connectivity index (χ2n) is 13.8. The summed E-state index contributed by atoms with van der Waals surface area (Å²) in [6, 6.07) is 59.0. The summed E-state index contributed by atoms with van der Waals surface area (Å²) in [4.78, 5) is 11.0. The number of rotatable bonds is 4. The maximum Gasteiger partial charge on any atom is 0.162 e. The fraction of sp³-hybridized carbons (Fsp3) is 0.0435. The number of hydrogen-bond acceptors (Lipinski definition) is 2. The van der Waals surface area contributed by atoms with Crippen molar-refractivity contribution in [3.05, 3.63) is 164 Å². The molecule has 9 aromatic rings. The van der Waals surface area contributed by atoms with E-state index >= 15 is 0 Å². The van der Waals surface area contributed by atoms with Gasteiger partial charge in [-0.3, -0.25) is 4.57 Å². The number of benzene rings is 7. The van der Waals surface area contributed by atoms with E-state index in [9.17, 15) is 0 Å². The highest BCUT2D eigenvalue weighted by Gasteiger charge is 2.39. The lowest BCUT2D eigenvalue weighted by atomic mass is 9.97. The average Bonchev–Trinajstić information content (AvgIpc) is 3.63. The molecule has 236 valence electrons. The van der Waals surface area contributed by atoms with Gasteiger partial charge in [0.25, 0.3) is 0 Å². The second kappa shape index (κ2) is 11.0. The van der Waals surface area contributed by atoms with Crippen molar-refractivity contribution in [1.82, 2.24) is 14.5 Å². The average molecular weight is 656 g/mol. The van der Waals surface area contributed by atoms with Gasteiger partial charge in [0.2, 0.25) is 0 Å². The molecule has 7 aromatic carbocycles. The molecule has 3 nitrogen and oxygen atoms in total. The minimum absolute atomic E-state index is 0.729. The van der Waals surface area contributed by atoms with Crippen molar-refractivity contribution in [2.45, 2.75) is 13.1 Å². The van der Waals surface area contributed by atoms with Crippen LogP contribution in [0.4, 0.5) is 0 Å². The number of fused-ring (bicyclic) bond motifs is 8. The summed E-state index contributed by atoms with van der Waals surface area (Å²) in [5.41, 5.74) is 11.6. The van der Waals surface area contributed by atoms with Gasteiger partial charge in [0.05, 0.1) is 16.6 Å². The standard InChI is InChI=1S/C46H33N3Si/c1-50(2)41-25-11-8-22-37(41)43-42(50)27-26-38-44(43)47-45(48-46(38)49-39-23-9-6-20-35(39)36-21-7-10-24-40(36)49)34-19-13-18-33(29-34)32-17-12-16-31(28-32)30-14-4-3-5-15-30/h3-29H,1-2H3. The zero-order valence-electron chi connectivity index (χ0n) is 27.9. The normalized spacial score (nSPS) is 13.2. The lowest BCUT2D eigenvalue weighted by Crippen LogP contribution is -2.49. The summed E-state index contributed by atoms with van der Waals surface area (Å²) in [7, 11) is -1.92. The maximum absolute atomic E-state index is 5.51. The minimum atomic E-state index is -1.92. The predicted octanol–water partition coefficient (Wildman–Crippen LogP) is 10.5. The van der Waals surface area contributed by atoms with E-state index in [2.05, 4.69) is 181 Å². The summed E-state index contributed by atoms with van der Waals surface area (Å²) in [6.45, 7) is 4.93. The molecule has 0 saturated heterocycles. The van der Waals surface area contributed by atoms with E-state index in [1.165, 1.54) is 49.0 Å². The molecule has 0 unspecified atom stereocenters. The van der Waals surface area contributed by atoms with E-state index in [4.69, 9.17) is 9.97 Å². The quantitative estimate of drug-likeness (QED) is 0.177. The Hall–Kier alpha value is -6.10. The van der Waals surface area contributed by atoms with Crippen molar-refractivity contribution in [3.8, 4) is 50.6 Å². The first-order valence-corrected chi connectivity index (χ1v) is 20.3. The first-order chi connectivity index (χ1) is 24.6. The van der Waals surface area contributed by atoms with Gasteiger partial charge in [-0.1, -0.05) is 147 Å². The summed E-state index contributed by atoms with van der Waals surface area (Å²) in [5, 5.41) is 6.41. The van der Waals surface area contributed by atoms with Crippen LogP contribution in [0.5, 0.6) is 0 Å². The molecule has 0 aliphatic carbocycles. The van der Waals surface area contributed by atoms with Crippen LogP contribution in [0.3, 0.4) is 0 Å². The van der Waals surface area contributed by atoms with E-state index in [0.717, 1.165) is 44.7 Å². The summed E-state index contributed by atoms with van der Waals surface area (Å²) < 4.78 is 2.35. The van der Waals surface area contributed by atoms with E-state index in [0.29, 0.717) is 0 Å². The number of para-hydroxylation sites is 2. The third-order valence-electron chi connectivity index (χ3n) is 10.6. The molecular formula is C46H33N3Si.